The zero-order valence-corrected chi connectivity index (χ0v) is 16.8. The molecule has 0 amide bonds. The third-order valence-electron chi connectivity index (χ3n) is 5.17. The number of ketones is 1. The summed E-state index contributed by atoms with van der Waals surface area (Å²) in [5.41, 5.74) is 1.18. The molecule has 0 aliphatic heterocycles. The summed E-state index contributed by atoms with van der Waals surface area (Å²) in [7, 11) is 3.35. The summed E-state index contributed by atoms with van der Waals surface area (Å²) in [6.45, 7) is 6.46. The van der Waals surface area contributed by atoms with Crippen molar-refractivity contribution >= 4 is 5.78 Å². The van der Waals surface area contributed by atoms with Crippen LogP contribution >= 0.6 is 0 Å². The highest BCUT2D eigenvalue weighted by Crippen LogP contribution is 2.29. The Kier molecular flexibility index (Phi) is 10.3. The standard InChI is InChI=1S/C22H36O3/c1-6-8-9-11-17(3)20(21(23)7-2)13-10-12-18-14-15-19(24-4)16-22(18)25-5/h14-17,20H,6-13H2,1-5H3. The molecule has 0 heterocycles. The van der Waals surface area contributed by atoms with Gasteiger partial charge in [-0.2, -0.15) is 0 Å². The van der Waals surface area contributed by atoms with E-state index in [9.17, 15) is 4.79 Å². The third kappa shape index (κ3) is 7.09. The number of hydrogen-bond acceptors (Lipinski definition) is 3. The second-order valence-electron chi connectivity index (χ2n) is 6.97. The zero-order valence-electron chi connectivity index (χ0n) is 16.8. The molecule has 0 fully saturated rings. The molecule has 25 heavy (non-hydrogen) atoms. The van der Waals surface area contributed by atoms with E-state index in [0.29, 0.717) is 18.1 Å². The highest BCUT2D eigenvalue weighted by Gasteiger charge is 2.23. The van der Waals surface area contributed by atoms with Gasteiger partial charge in [-0.15, -0.1) is 0 Å². The molecule has 3 heteroatoms. The predicted molar refractivity (Wildman–Crippen MR) is 105 cm³/mol. The molecule has 3 nitrogen and oxygen atoms in total. The lowest BCUT2D eigenvalue weighted by molar-refractivity contribution is -0.124. The molecule has 142 valence electrons. The van der Waals surface area contributed by atoms with Gasteiger partial charge in [0.05, 0.1) is 14.2 Å². The monoisotopic (exact) mass is 348 g/mol. The minimum Gasteiger partial charge on any atom is -0.497 e. The molecule has 0 saturated heterocycles. The summed E-state index contributed by atoms with van der Waals surface area (Å²) in [5.74, 6) is 2.78. The fraction of sp³-hybridized carbons (Fsp3) is 0.682. The first-order valence-corrected chi connectivity index (χ1v) is 9.80. The maximum absolute atomic E-state index is 12.4. The number of hydrogen-bond donors (Lipinski definition) is 0. The largest absolute Gasteiger partial charge is 0.497 e. The average Bonchev–Trinajstić information content (AvgIpc) is 2.64. The lowest BCUT2D eigenvalue weighted by Gasteiger charge is -2.23. The van der Waals surface area contributed by atoms with Gasteiger partial charge in [0, 0.05) is 18.4 Å². The van der Waals surface area contributed by atoms with E-state index in [1.165, 1.54) is 24.8 Å². The Labute approximate surface area is 154 Å². The van der Waals surface area contributed by atoms with Crippen LogP contribution < -0.4 is 9.47 Å². The van der Waals surface area contributed by atoms with Crippen molar-refractivity contribution in [3.05, 3.63) is 23.8 Å². The molecule has 0 aromatic heterocycles. The van der Waals surface area contributed by atoms with E-state index in [2.05, 4.69) is 19.9 Å². The summed E-state index contributed by atoms with van der Waals surface area (Å²) in [6, 6.07) is 5.97. The van der Waals surface area contributed by atoms with E-state index < -0.39 is 0 Å². The van der Waals surface area contributed by atoms with Gasteiger partial charge in [-0.3, -0.25) is 4.79 Å². The van der Waals surface area contributed by atoms with E-state index in [1.807, 2.05) is 19.1 Å². The Morgan fingerprint density at radius 1 is 1.04 bits per heavy atom. The molecule has 1 aromatic carbocycles. The number of ether oxygens (including phenoxy) is 2. The maximum Gasteiger partial charge on any atom is 0.135 e. The fourth-order valence-electron chi connectivity index (χ4n) is 3.51. The molecule has 0 bridgehead atoms. The van der Waals surface area contributed by atoms with Crippen LogP contribution in [0.15, 0.2) is 18.2 Å². The lowest BCUT2D eigenvalue weighted by Crippen LogP contribution is -2.22. The van der Waals surface area contributed by atoms with Crippen molar-refractivity contribution in [2.75, 3.05) is 14.2 Å². The van der Waals surface area contributed by atoms with Crippen molar-refractivity contribution < 1.29 is 14.3 Å². The Morgan fingerprint density at radius 2 is 1.80 bits per heavy atom. The molecule has 0 radical (unpaired) electrons. The third-order valence-corrected chi connectivity index (χ3v) is 5.17. The number of carbonyl (C=O) groups excluding carboxylic acids is 1. The number of carbonyl (C=O) groups is 1. The van der Waals surface area contributed by atoms with Gasteiger partial charge in [-0.1, -0.05) is 52.5 Å². The van der Waals surface area contributed by atoms with E-state index >= 15 is 0 Å². The van der Waals surface area contributed by atoms with Crippen LogP contribution in [0.4, 0.5) is 0 Å². The molecule has 0 N–H and O–H groups in total. The quantitative estimate of drug-likeness (QED) is 0.420. The number of Topliss-reactive ketones (excluding diaryl/α,β-unsaturated/α-hetero) is 1. The topological polar surface area (TPSA) is 35.5 Å². The van der Waals surface area contributed by atoms with Crippen LogP contribution in [0.25, 0.3) is 0 Å². The van der Waals surface area contributed by atoms with Gasteiger partial charge in [0.25, 0.3) is 0 Å². The van der Waals surface area contributed by atoms with Crippen molar-refractivity contribution in [2.24, 2.45) is 11.8 Å². The normalized spacial score (nSPS) is 13.3. The molecular weight excluding hydrogens is 312 g/mol. The molecule has 1 aromatic rings. The second kappa shape index (κ2) is 11.9. The van der Waals surface area contributed by atoms with E-state index in [1.54, 1.807) is 14.2 Å². The summed E-state index contributed by atoms with van der Waals surface area (Å²) in [6.07, 6.45) is 8.45. The first-order valence-electron chi connectivity index (χ1n) is 9.80. The lowest BCUT2D eigenvalue weighted by atomic mass is 9.81. The van der Waals surface area contributed by atoms with E-state index in [-0.39, 0.29) is 5.92 Å². The van der Waals surface area contributed by atoms with Crippen LogP contribution in [-0.4, -0.2) is 20.0 Å². The van der Waals surface area contributed by atoms with Crippen LogP contribution in [0.5, 0.6) is 11.5 Å². The highest BCUT2D eigenvalue weighted by atomic mass is 16.5. The smallest absolute Gasteiger partial charge is 0.135 e. The van der Waals surface area contributed by atoms with Crippen LogP contribution in [0.2, 0.25) is 0 Å². The summed E-state index contributed by atoms with van der Waals surface area (Å²) in [4.78, 5) is 12.4. The van der Waals surface area contributed by atoms with Crippen molar-refractivity contribution in [3.8, 4) is 11.5 Å². The Bertz CT molecular complexity index is 510. The van der Waals surface area contributed by atoms with Gasteiger partial charge >= 0.3 is 0 Å². The van der Waals surface area contributed by atoms with Gasteiger partial charge in [-0.25, -0.2) is 0 Å². The molecular formula is C22H36O3. The summed E-state index contributed by atoms with van der Waals surface area (Å²) < 4.78 is 10.7. The average molecular weight is 349 g/mol. The molecule has 0 spiro atoms. The van der Waals surface area contributed by atoms with Crippen molar-refractivity contribution in [1.29, 1.82) is 0 Å². The molecule has 2 atom stereocenters. The van der Waals surface area contributed by atoms with Gasteiger partial charge in [0.1, 0.15) is 17.3 Å². The van der Waals surface area contributed by atoms with Crippen LogP contribution in [0.1, 0.15) is 71.3 Å². The first kappa shape index (κ1) is 21.5. The minimum atomic E-state index is 0.200. The maximum atomic E-state index is 12.4. The van der Waals surface area contributed by atoms with E-state index in [4.69, 9.17) is 9.47 Å². The van der Waals surface area contributed by atoms with Gasteiger partial charge in [-0.05, 0) is 36.8 Å². The number of rotatable bonds is 13. The Hall–Kier alpha value is -1.51. The van der Waals surface area contributed by atoms with Gasteiger partial charge in [0.15, 0.2) is 0 Å². The summed E-state index contributed by atoms with van der Waals surface area (Å²) in [5, 5.41) is 0. The Balaban J connectivity index is 2.63. The highest BCUT2D eigenvalue weighted by molar-refractivity contribution is 5.80. The second-order valence-corrected chi connectivity index (χ2v) is 6.97. The number of methoxy groups -OCH3 is 2. The zero-order chi connectivity index (χ0) is 18.7. The molecule has 0 aliphatic carbocycles. The van der Waals surface area contributed by atoms with Crippen molar-refractivity contribution in [1.82, 2.24) is 0 Å². The molecule has 1 rings (SSSR count). The van der Waals surface area contributed by atoms with Crippen molar-refractivity contribution in [2.45, 2.75) is 72.1 Å². The minimum absolute atomic E-state index is 0.200. The van der Waals surface area contributed by atoms with Crippen LogP contribution in [-0.2, 0) is 11.2 Å². The van der Waals surface area contributed by atoms with Crippen LogP contribution in [0.3, 0.4) is 0 Å². The predicted octanol–water partition coefficient (Wildman–Crippen LogP) is 5.84. The van der Waals surface area contributed by atoms with Gasteiger partial charge in [0.2, 0.25) is 0 Å². The van der Waals surface area contributed by atoms with E-state index in [0.717, 1.165) is 37.2 Å². The fourth-order valence-corrected chi connectivity index (χ4v) is 3.51. The SMILES string of the molecule is CCCCCC(C)C(CCCc1ccc(OC)cc1OC)C(=O)CC. The Morgan fingerprint density at radius 3 is 2.40 bits per heavy atom. The molecule has 2 unspecified atom stereocenters. The summed E-state index contributed by atoms with van der Waals surface area (Å²) >= 11 is 0. The number of unbranched alkanes of at least 4 members (excludes halogenated alkanes) is 2. The molecule has 0 saturated carbocycles. The number of aryl methyl sites for hydroxylation is 1. The first-order chi connectivity index (χ1) is 12.1. The van der Waals surface area contributed by atoms with Gasteiger partial charge < -0.3 is 9.47 Å². The van der Waals surface area contributed by atoms with Crippen LogP contribution in [0, 0.1) is 11.8 Å². The molecule has 0 aliphatic rings. The number of benzene rings is 1. The van der Waals surface area contributed by atoms with Crippen molar-refractivity contribution in [3.63, 3.8) is 0 Å².